The van der Waals surface area contributed by atoms with Crippen LogP contribution in [0.15, 0.2) is 36.5 Å². The molecule has 1 fully saturated rings. The first-order chi connectivity index (χ1) is 16.3. The van der Waals surface area contributed by atoms with Crippen molar-refractivity contribution < 1.29 is 19.1 Å². The summed E-state index contributed by atoms with van der Waals surface area (Å²) in [7, 11) is 5.52. The van der Waals surface area contributed by atoms with Gasteiger partial charge in [-0.25, -0.2) is 9.78 Å². The minimum absolute atomic E-state index is 0.0923. The predicted octanol–water partition coefficient (Wildman–Crippen LogP) is 0.649. The first-order valence-electron chi connectivity index (χ1n) is 10.8. The van der Waals surface area contributed by atoms with Crippen LogP contribution in [0.1, 0.15) is 21.5 Å². The summed E-state index contributed by atoms with van der Waals surface area (Å²) in [5.41, 5.74) is 0.336. The zero-order valence-electron chi connectivity index (χ0n) is 19.3. The number of benzene rings is 1. The lowest BCUT2D eigenvalue weighted by Gasteiger charge is -2.26. The van der Waals surface area contributed by atoms with Gasteiger partial charge in [-0.3, -0.25) is 14.9 Å². The van der Waals surface area contributed by atoms with Crippen molar-refractivity contribution >= 4 is 23.7 Å². The second-order valence-electron chi connectivity index (χ2n) is 8.41. The summed E-state index contributed by atoms with van der Waals surface area (Å²) in [6.45, 7) is 1.83. The first-order valence-corrected chi connectivity index (χ1v) is 10.8. The van der Waals surface area contributed by atoms with Crippen molar-refractivity contribution in [1.82, 2.24) is 25.4 Å². The lowest BCUT2D eigenvalue weighted by molar-refractivity contribution is -0.122. The molecule has 2 aliphatic rings. The molecule has 4 rings (SSSR count). The number of fused-ring (bicyclic) bond motifs is 1. The Bertz CT molecular complexity index is 1180. The van der Waals surface area contributed by atoms with Crippen LogP contribution in [-0.4, -0.2) is 79.0 Å². The lowest BCUT2D eigenvalue weighted by Crippen LogP contribution is -2.54. The molecule has 0 radical (unpaired) electrons. The largest absolute Gasteiger partial charge is 0.497 e. The van der Waals surface area contributed by atoms with Gasteiger partial charge >= 0.3 is 6.03 Å². The van der Waals surface area contributed by atoms with Gasteiger partial charge in [0.1, 0.15) is 11.6 Å². The van der Waals surface area contributed by atoms with E-state index in [0.29, 0.717) is 29.2 Å². The average molecular weight is 463 g/mol. The predicted molar refractivity (Wildman–Crippen MR) is 125 cm³/mol. The Hall–Kier alpha value is -4.10. The number of rotatable bonds is 7. The fraction of sp³-hybridized carbons (Fsp3) is 0.333. The van der Waals surface area contributed by atoms with E-state index in [1.165, 1.54) is 12.0 Å². The number of aromatic nitrogens is 1. The van der Waals surface area contributed by atoms with E-state index in [9.17, 15) is 14.4 Å². The van der Waals surface area contributed by atoms with Crippen LogP contribution in [0.4, 0.5) is 10.6 Å². The van der Waals surface area contributed by atoms with Crippen LogP contribution >= 0.6 is 0 Å². The highest BCUT2D eigenvalue weighted by molar-refractivity contribution is 6.10. The number of pyridine rings is 1. The summed E-state index contributed by atoms with van der Waals surface area (Å²) in [5.74, 6) is 6.25. The molecule has 0 bridgehead atoms. The molecule has 4 amide bonds. The van der Waals surface area contributed by atoms with Crippen molar-refractivity contribution in [3.05, 3.63) is 53.2 Å². The van der Waals surface area contributed by atoms with Crippen LogP contribution in [0.2, 0.25) is 0 Å². The minimum atomic E-state index is -1.57. The average Bonchev–Trinajstić information content (AvgIpc) is 3.27. The molecule has 1 aromatic heterocycles. The molecule has 2 aromatic rings. The molecular weight excluding hydrogens is 436 g/mol. The fourth-order valence-corrected chi connectivity index (χ4v) is 3.77. The third-order valence-corrected chi connectivity index (χ3v) is 5.61. The van der Waals surface area contributed by atoms with Gasteiger partial charge in [-0.05, 0) is 43.9 Å². The van der Waals surface area contributed by atoms with Crippen LogP contribution in [-0.2, 0) is 11.3 Å². The number of imide groups is 1. The van der Waals surface area contributed by atoms with Crippen molar-refractivity contribution in [2.45, 2.75) is 12.1 Å². The summed E-state index contributed by atoms with van der Waals surface area (Å²) in [4.78, 5) is 45.6. The monoisotopic (exact) mass is 462 g/mol. The Morgan fingerprint density at radius 2 is 2.06 bits per heavy atom. The molecular formula is C24H26N6O4. The molecule has 34 heavy (non-hydrogen) atoms. The number of amides is 4. The van der Waals surface area contributed by atoms with Crippen molar-refractivity contribution in [3.8, 4) is 17.6 Å². The number of nitrogens with one attached hydrogen (secondary N) is 3. The van der Waals surface area contributed by atoms with Crippen LogP contribution in [0.25, 0.3) is 0 Å². The second-order valence-corrected chi connectivity index (χ2v) is 8.41. The molecule has 10 heteroatoms. The Kier molecular flexibility index (Phi) is 6.38. The molecule has 0 saturated carbocycles. The third kappa shape index (κ3) is 4.79. The number of ether oxygens (including phenoxy) is 1. The number of carbonyl (C=O) groups is 3. The van der Waals surface area contributed by atoms with Crippen LogP contribution in [0.5, 0.6) is 5.75 Å². The van der Waals surface area contributed by atoms with Crippen molar-refractivity contribution in [2.75, 3.05) is 46.2 Å². The molecule has 1 unspecified atom stereocenters. The molecule has 3 heterocycles. The number of urea groups is 1. The van der Waals surface area contributed by atoms with Gasteiger partial charge in [0.2, 0.25) is 5.54 Å². The van der Waals surface area contributed by atoms with E-state index in [4.69, 9.17) is 4.74 Å². The Morgan fingerprint density at radius 3 is 2.71 bits per heavy atom. The van der Waals surface area contributed by atoms with Crippen LogP contribution in [0, 0.1) is 11.8 Å². The zero-order valence-corrected chi connectivity index (χ0v) is 19.3. The van der Waals surface area contributed by atoms with E-state index in [0.717, 1.165) is 18.7 Å². The molecule has 176 valence electrons. The number of hydrogen-bond acceptors (Lipinski definition) is 7. The van der Waals surface area contributed by atoms with E-state index < -0.39 is 17.5 Å². The van der Waals surface area contributed by atoms with Gasteiger partial charge in [0, 0.05) is 37.0 Å². The van der Waals surface area contributed by atoms with Crippen LogP contribution in [0.3, 0.4) is 0 Å². The normalized spacial score (nSPS) is 18.8. The third-order valence-electron chi connectivity index (χ3n) is 5.61. The fourth-order valence-electron chi connectivity index (χ4n) is 3.77. The summed E-state index contributed by atoms with van der Waals surface area (Å²) in [5, 5.41) is 8.05. The lowest BCUT2D eigenvalue weighted by atomic mass is 9.99. The number of likely N-dealkylation sites (N-methyl/N-ethyl adjacent to an activating group) is 1. The summed E-state index contributed by atoms with van der Waals surface area (Å²) >= 11 is 0. The summed E-state index contributed by atoms with van der Waals surface area (Å²) < 4.78 is 5.21. The van der Waals surface area contributed by atoms with Gasteiger partial charge in [0.25, 0.3) is 11.8 Å². The van der Waals surface area contributed by atoms with Gasteiger partial charge in [-0.2, -0.15) is 0 Å². The van der Waals surface area contributed by atoms with E-state index >= 15 is 0 Å². The molecule has 0 aliphatic carbocycles. The standard InChI is InChI=1S/C24H26N6O4/c1-29(2)11-10-25-20-7-4-16(13-26-20)8-9-24(22(32)27-23(33)28-24)15-30-14-17-5-6-18(34-3)12-19(17)21(30)31/h4-7,12-13H,10-11,14-15H2,1-3H3,(H,25,26)(H2,27,28,32,33). The molecule has 3 N–H and O–H groups in total. The maximum Gasteiger partial charge on any atom is 0.323 e. The van der Waals surface area contributed by atoms with Crippen LogP contribution < -0.4 is 20.7 Å². The smallest absolute Gasteiger partial charge is 0.323 e. The maximum absolute atomic E-state index is 13.0. The molecule has 10 nitrogen and oxygen atoms in total. The Balaban J connectivity index is 1.52. The van der Waals surface area contributed by atoms with E-state index in [1.807, 2.05) is 20.2 Å². The van der Waals surface area contributed by atoms with E-state index in [1.54, 1.807) is 30.5 Å². The molecule has 2 aliphatic heterocycles. The van der Waals surface area contributed by atoms with Gasteiger partial charge in [-0.1, -0.05) is 17.9 Å². The van der Waals surface area contributed by atoms with Gasteiger partial charge < -0.3 is 25.2 Å². The number of nitrogens with zero attached hydrogens (tertiary/aromatic N) is 3. The minimum Gasteiger partial charge on any atom is -0.497 e. The Morgan fingerprint density at radius 1 is 1.24 bits per heavy atom. The van der Waals surface area contributed by atoms with Gasteiger partial charge in [0.15, 0.2) is 0 Å². The van der Waals surface area contributed by atoms with E-state index in [-0.39, 0.29) is 12.5 Å². The summed E-state index contributed by atoms with van der Waals surface area (Å²) in [6.07, 6.45) is 1.59. The van der Waals surface area contributed by atoms with Crippen molar-refractivity contribution in [3.63, 3.8) is 0 Å². The van der Waals surface area contributed by atoms with Gasteiger partial charge in [-0.15, -0.1) is 0 Å². The highest BCUT2D eigenvalue weighted by Gasteiger charge is 2.48. The van der Waals surface area contributed by atoms with Crippen molar-refractivity contribution in [1.29, 1.82) is 0 Å². The number of methoxy groups -OCH3 is 1. The summed E-state index contributed by atoms with van der Waals surface area (Å²) in [6, 6.07) is 8.20. The molecule has 1 saturated heterocycles. The second kappa shape index (κ2) is 9.41. The van der Waals surface area contributed by atoms with Gasteiger partial charge in [0.05, 0.1) is 13.7 Å². The number of anilines is 1. The SMILES string of the molecule is COc1ccc2c(c1)C(=O)N(CC1(C#Cc3ccc(NCCN(C)C)nc3)NC(=O)NC1=O)C2. The quantitative estimate of drug-likeness (QED) is 0.409. The van der Waals surface area contributed by atoms with Crippen molar-refractivity contribution in [2.24, 2.45) is 0 Å². The molecule has 1 atom stereocenters. The highest BCUT2D eigenvalue weighted by Crippen LogP contribution is 2.28. The number of carbonyl (C=O) groups excluding carboxylic acids is 3. The highest BCUT2D eigenvalue weighted by atomic mass is 16.5. The van der Waals surface area contributed by atoms with E-state index in [2.05, 4.69) is 37.7 Å². The maximum atomic E-state index is 13.0. The topological polar surface area (TPSA) is 116 Å². The first kappa shape index (κ1) is 23.1. The molecule has 1 aromatic carbocycles. The molecule has 0 spiro atoms. The number of hydrogen-bond donors (Lipinski definition) is 3. The zero-order chi connectivity index (χ0) is 24.3. The Labute approximate surface area is 197 Å².